The van der Waals surface area contributed by atoms with Crippen molar-refractivity contribution in [3.63, 3.8) is 0 Å². The lowest BCUT2D eigenvalue weighted by Gasteiger charge is -2.14. The molecule has 1 fully saturated rings. The number of rotatable bonds is 6. The summed E-state index contributed by atoms with van der Waals surface area (Å²) in [7, 11) is 0. The lowest BCUT2D eigenvalue weighted by atomic mass is 10.1. The molecule has 7 heteroatoms. The Kier molecular flexibility index (Phi) is 6.02. The van der Waals surface area contributed by atoms with E-state index >= 15 is 0 Å². The van der Waals surface area contributed by atoms with E-state index in [0.717, 1.165) is 0 Å². The first-order valence-electron chi connectivity index (χ1n) is 8.50. The van der Waals surface area contributed by atoms with Crippen molar-refractivity contribution in [1.82, 2.24) is 5.43 Å². The highest BCUT2D eigenvalue weighted by Crippen LogP contribution is 2.35. The average Bonchev–Trinajstić information content (AvgIpc) is 2.98. The van der Waals surface area contributed by atoms with Gasteiger partial charge in [0.25, 0.3) is 11.8 Å². The predicted molar refractivity (Wildman–Crippen MR) is 110 cm³/mol. The maximum absolute atomic E-state index is 12.7. The molecule has 6 nitrogen and oxygen atoms in total. The summed E-state index contributed by atoms with van der Waals surface area (Å²) in [6.07, 6.45) is 6.76. The molecule has 0 unspecified atom stereocenters. The SMILES string of the molecule is C#CCOc1cc(Br)c(/C=C2/C(=O)NN(c3ccccc3)C2=O)cc1OCC. The standard InChI is InChI=1S/C21H17BrN2O4/c1-3-10-28-19-13-17(22)14(12-18(19)27-4-2)11-16-20(25)23-24(21(16)26)15-8-6-5-7-9-15/h1,5-9,11-13H,4,10H2,2H3,(H,23,25)/b16-11-. The van der Waals surface area contributed by atoms with Gasteiger partial charge in [0.1, 0.15) is 12.2 Å². The number of para-hydroxylation sites is 1. The number of terminal acetylenes is 1. The Morgan fingerprint density at radius 1 is 1.18 bits per heavy atom. The van der Waals surface area contributed by atoms with Gasteiger partial charge in [-0.25, -0.2) is 5.01 Å². The van der Waals surface area contributed by atoms with Crippen molar-refractivity contribution in [2.75, 3.05) is 18.2 Å². The fourth-order valence-electron chi connectivity index (χ4n) is 2.63. The van der Waals surface area contributed by atoms with Crippen LogP contribution in [0, 0.1) is 12.3 Å². The van der Waals surface area contributed by atoms with E-state index in [0.29, 0.717) is 33.8 Å². The largest absolute Gasteiger partial charge is 0.490 e. The molecule has 0 spiro atoms. The number of hydrazine groups is 1. The van der Waals surface area contributed by atoms with E-state index in [4.69, 9.17) is 15.9 Å². The monoisotopic (exact) mass is 440 g/mol. The Morgan fingerprint density at radius 2 is 1.89 bits per heavy atom. The van der Waals surface area contributed by atoms with Gasteiger partial charge in [-0.15, -0.1) is 6.42 Å². The number of hydrogen-bond acceptors (Lipinski definition) is 4. The van der Waals surface area contributed by atoms with Crippen molar-refractivity contribution < 1.29 is 19.1 Å². The molecule has 2 amide bonds. The minimum Gasteiger partial charge on any atom is -0.490 e. The summed E-state index contributed by atoms with van der Waals surface area (Å²) < 4.78 is 11.7. The van der Waals surface area contributed by atoms with Gasteiger partial charge in [0.2, 0.25) is 0 Å². The van der Waals surface area contributed by atoms with Crippen LogP contribution < -0.4 is 19.9 Å². The van der Waals surface area contributed by atoms with E-state index in [1.165, 1.54) is 11.1 Å². The maximum atomic E-state index is 12.7. The lowest BCUT2D eigenvalue weighted by Crippen LogP contribution is -2.35. The smallest absolute Gasteiger partial charge is 0.282 e. The number of benzene rings is 2. The third-order valence-electron chi connectivity index (χ3n) is 3.88. The van der Waals surface area contributed by atoms with Crippen LogP contribution in [0.3, 0.4) is 0 Å². The second-order valence-corrected chi connectivity index (χ2v) is 6.58. The minimum absolute atomic E-state index is 0.0179. The zero-order valence-corrected chi connectivity index (χ0v) is 16.7. The number of nitrogens with zero attached hydrogens (tertiary/aromatic N) is 1. The van der Waals surface area contributed by atoms with Crippen molar-refractivity contribution >= 4 is 39.5 Å². The molecular weight excluding hydrogens is 424 g/mol. The molecule has 1 aliphatic heterocycles. The Labute approximate surface area is 171 Å². The summed E-state index contributed by atoms with van der Waals surface area (Å²) >= 11 is 3.44. The van der Waals surface area contributed by atoms with Gasteiger partial charge in [0.05, 0.1) is 12.3 Å². The summed E-state index contributed by atoms with van der Waals surface area (Å²) in [5.74, 6) is 2.43. The van der Waals surface area contributed by atoms with E-state index < -0.39 is 11.8 Å². The highest BCUT2D eigenvalue weighted by molar-refractivity contribution is 9.10. The van der Waals surface area contributed by atoms with Gasteiger partial charge in [-0.3, -0.25) is 15.0 Å². The number of anilines is 1. The highest BCUT2D eigenvalue weighted by atomic mass is 79.9. The van der Waals surface area contributed by atoms with Crippen LogP contribution in [0.25, 0.3) is 6.08 Å². The molecule has 0 bridgehead atoms. The first-order chi connectivity index (χ1) is 13.5. The summed E-state index contributed by atoms with van der Waals surface area (Å²) in [5.41, 5.74) is 3.77. The number of amides is 2. The molecule has 1 aliphatic rings. The Morgan fingerprint density at radius 3 is 2.57 bits per heavy atom. The van der Waals surface area contributed by atoms with Crippen LogP contribution in [0.4, 0.5) is 5.69 Å². The third kappa shape index (κ3) is 4.02. The predicted octanol–water partition coefficient (Wildman–Crippen LogP) is 3.32. The van der Waals surface area contributed by atoms with Gasteiger partial charge < -0.3 is 9.47 Å². The van der Waals surface area contributed by atoms with Crippen LogP contribution in [0.15, 0.2) is 52.5 Å². The van der Waals surface area contributed by atoms with Gasteiger partial charge in [-0.2, -0.15) is 0 Å². The number of carbonyl (C=O) groups is 2. The molecule has 0 aliphatic carbocycles. The summed E-state index contributed by atoms with van der Waals surface area (Å²) in [4.78, 5) is 25.1. The van der Waals surface area contributed by atoms with Crippen molar-refractivity contribution in [3.05, 3.63) is 58.1 Å². The van der Waals surface area contributed by atoms with Crippen LogP contribution in [0.5, 0.6) is 11.5 Å². The van der Waals surface area contributed by atoms with Gasteiger partial charge in [-0.1, -0.05) is 40.0 Å². The number of carbonyl (C=O) groups excluding carboxylic acids is 2. The van der Waals surface area contributed by atoms with E-state index in [1.807, 2.05) is 13.0 Å². The Hall–Kier alpha value is -3.24. The van der Waals surface area contributed by atoms with E-state index in [1.54, 1.807) is 36.4 Å². The Balaban J connectivity index is 1.96. The topological polar surface area (TPSA) is 67.9 Å². The van der Waals surface area contributed by atoms with E-state index in [9.17, 15) is 9.59 Å². The molecule has 3 rings (SSSR count). The molecule has 1 N–H and O–H groups in total. The van der Waals surface area contributed by atoms with E-state index in [-0.39, 0.29) is 12.2 Å². The molecule has 2 aromatic carbocycles. The molecule has 1 heterocycles. The molecule has 0 aromatic heterocycles. The summed E-state index contributed by atoms with van der Waals surface area (Å²) in [5, 5.41) is 1.22. The van der Waals surface area contributed by atoms with Gasteiger partial charge in [0, 0.05) is 4.47 Å². The average molecular weight is 441 g/mol. The van der Waals surface area contributed by atoms with Gasteiger partial charge >= 0.3 is 0 Å². The quantitative estimate of drug-likeness (QED) is 0.425. The number of nitrogens with one attached hydrogen (secondary N) is 1. The molecule has 0 radical (unpaired) electrons. The third-order valence-corrected chi connectivity index (χ3v) is 4.57. The molecule has 1 saturated heterocycles. The van der Waals surface area contributed by atoms with Crippen LogP contribution in [-0.4, -0.2) is 25.0 Å². The second-order valence-electron chi connectivity index (χ2n) is 5.72. The van der Waals surface area contributed by atoms with Crippen LogP contribution in [0.1, 0.15) is 12.5 Å². The molecule has 28 heavy (non-hydrogen) atoms. The van der Waals surface area contributed by atoms with E-state index in [2.05, 4.69) is 27.3 Å². The molecule has 0 atom stereocenters. The van der Waals surface area contributed by atoms with Crippen molar-refractivity contribution in [2.24, 2.45) is 0 Å². The summed E-state index contributed by atoms with van der Waals surface area (Å²) in [6, 6.07) is 12.3. The zero-order chi connectivity index (χ0) is 20.1. The first-order valence-corrected chi connectivity index (χ1v) is 9.29. The second kappa shape index (κ2) is 8.63. The highest BCUT2D eigenvalue weighted by Gasteiger charge is 2.34. The maximum Gasteiger partial charge on any atom is 0.282 e. The lowest BCUT2D eigenvalue weighted by molar-refractivity contribution is -0.117. The number of hydrogen-bond donors (Lipinski definition) is 1. The van der Waals surface area contributed by atoms with Crippen molar-refractivity contribution in [1.29, 1.82) is 0 Å². The molecule has 2 aromatic rings. The fourth-order valence-corrected chi connectivity index (χ4v) is 3.07. The number of ether oxygens (including phenoxy) is 2. The molecule has 142 valence electrons. The number of halogens is 1. The zero-order valence-electron chi connectivity index (χ0n) is 15.1. The minimum atomic E-state index is -0.480. The van der Waals surface area contributed by atoms with Gasteiger partial charge in [-0.05, 0) is 42.8 Å². The normalized spacial score (nSPS) is 14.8. The molecule has 0 saturated carbocycles. The van der Waals surface area contributed by atoms with Crippen molar-refractivity contribution in [3.8, 4) is 23.8 Å². The summed E-state index contributed by atoms with van der Waals surface area (Å²) in [6.45, 7) is 2.36. The Bertz CT molecular complexity index is 980. The fraction of sp³-hybridized carbons (Fsp3) is 0.143. The molecular formula is C21H17BrN2O4. The van der Waals surface area contributed by atoms with Crippen LogP contribution in [0.2, 0.25) is 0 Å². The van der Waals surface area contributed by atoms with Crippen LogP contribution >= 0.6 is 15.9 Å². The first kappa shape index (κ1) is 19.5. The van der Waals surface area contributed by atoms with Gasteiger partial charge in [0.15, 0.2) is 11.5 Å². The van der Waals surface area contributed by atoms with Crippen LogP contribution in [-0.2, 0) is 9.59 Å². The van der Waals surface area contributed by atoms with Crippen molar-refractivity contribution in [2.45, 2.75) is 6.92 Å².